The highest BCUT2D eigenvalue weighted by molar-refractivity contribution is 14.0. The predicted octanol–water partition coefficient (Wildman–Crippen LogP) is 3.06. The predicted molar refractivity (Wildman–Crippen MR) is 106 cm³/mol. The maximum Gasteiger partial charge on any atom is 0.188 e. The van der Waals surface area contributed by atoms with Gasteiger partial charge in [0, 0.05) is 39.0 Å². The molecule has 23 heavy (non-hydrogen) atoms. The summed E-state index contributed by atoms with van der Waals surface area (Å²) >= 11 is 0. The van der Waals surface area contributed by atoms with Gasteiger partial charge >= 0.3 is 0 Å². The molecule has 0 unspecified atom stereocenters. The van der Waals surface area contributed by atoms with Crippen molar-refractivity contribution in [2.24, 2.45) is 16.6 Å². The molecule has 1 saturated heterocycles. The van der Waals surface area contributed by atoms with E-state index in [-0.39, 0.29) is 24.0 Å². The smallest absolute Gasteiger partial charge is 0.188 e. The minimum Gasteiger partial charge on any atom is -0.381 e. The van der Waals surface area contributed by atoms with Crippen LogP contribution in [0, 0.1) is 5.92 Å². The van der Waals surface area contributed by atoms with Gasteiger partial charge in [-0.2, -0.15) is 0 Å². The van der Waals surface area contributed by atoms with Crippen molar-refractivity contribution in [3.8, 4) is 0 Å². The van der Waals surface area contributed by atoms with Crippen molar-refractivity contribution in [3.05, 3.63) is 0 Å². The molecular formula is C17H34IN3O2. The van der Waals surface area contributed by atoms with Crippen molar-refractivity contribution >= 4 is 29.9 Å². The van der Waals surface area contributed by atoms with E-state index < -0.39 is 0 Å². The third-order valence-corrected chi connectivity index (χ3v) is 4.63. The fourth-order valence-corrected chi connectivity index (χ4v) is 3.21. The van der Waals surface area contributed by atoms with Crippen LogP contribution >= 0.6 is 24.0 Å². The van der Waals surface area contributed by atoms with Crippen LogP contribution in [0.2, 0.25) is 0 Å². The molecule has 1 aliphatic heterocycles. The number of nitrogens with two attached hydrogens (primary N) is 1. The first-order chi connectivity index (χ1) is 10.8. The topological polar surface area (TPSA) is 68.9 Å². The zero-order valence-corrected chi connectivity index (χ0v) is 16.6. The second-order valence-electron chi connectivity index (χ2n) is 6.58. The van der Waals surface area contributed by atoms with E-state index in [9.17, 15) is 0 Å². The largest absolute Gasteiger partial charge is 0.381 e. The van der Waals surface area contributed by atoms with Gasteiger partial charge in [0.2, 0.25) is 0 Å². The fourth-order valence-electron chi connectivity index (χ4n) is 3.21. The highest BCUT2D eigenvalue weighted by Gasteiger charge is 2.13. The van der Waals surface area contributed by atoms with Crippen LogP contribution in [0.25, 0.3) is 0 Å². The lowest BCUT2D eigenvalue weighted by Crippen LogP contribution is -2.39. The zero-order chi connectivity index (χ0) is 15.5. The molecule has 136 valence electrons. The van der Waals surface area contributed by atoms with Crippen molar-refractivity contribution in [2.45, 2.75) is 63.8 Å². The molecule has 1 saturated carbocycles. The van der Waals surface area contributed by atoms with Gasteiger partial charge in [-0.3, -0.25) is 4.99 Å². The quantitative estimate of drug-likeness (QED) is 0.210. The molecule has 2 rings (SSSR count). The van der Waals surface area contributed by atoms with Crippen LogP contribution in [0.3, 0.4) is 0 Å². The molecule has 0 aromatic carbocycles. The first kappa shape index (κ1) is 21.0. The average Bonchev–Trinajstić information content (AvgIpc) is 2.80. The van der Waals surface area contributed by atoms with Crippen LogP contribution in [0.15, 0.2) is 4.99 Å². The Bertz CT molecular complexity index is 315. The number of rotatable bonds is 7. The Morgan fingerprint density at radius 1 is 1.09 bits per heavy atom. The molecule has 1 aliphatic carbocycles. The lowest BCUT2D eigenvalue weighted by atomic mass is 10.0. The number of guanidine groups is 1. The molecule has 0 aromatic heterocycles. The molecule has 0 amide bonds. The van der Waals surface area contributed by atoms with Crippen molar-refractivity contribution in [1.82, 2.24) is 5.32 Å². The van der Waals surface area contributed by atoms with Gasteiger partial charge in [-0.1, -0.05) is 25.7 Å². The molecule has 1 heterocycles. The molecule has 2 fully saturated rings. The summed E-state index contributed by atoms with van der Waals surface area (Å²) in [5, 5.41) is 3.37. The maximum absolute atomic E-state index is 5.97. The van der Waals surface area contributed by atoms with Gasteiger partial charge in [-0.15, -0.1) is 24.0 Å². The maximum atomic E-state index is 5.97. The minimum atomic E-state index is 0. The standard InChI is InChI=1S/C17H33N3O2.HI/c18-17(20-16-6-3-1-2-4-7-16)19-10-5-11-22-14-15-8-12-21-13-9-15;/h15-16H,1-14H2,(H3,18,19,20);1H. The summed E-state index contributed by atoms with van der Waals surface area (Å²) in [7, 11) is 0. The van der Waals surface area contributed by atoms with Crippen molar-refractivity contribution < 1.29 is 9.47 Å². The molecule has 0 radical (unpaired) electrons. The van der Waals surface area contributed by atoms with Crippen molar-refractivity contribution in [1.29, 1.82) is 0 Å². The van der Waals surface area contributed by atoms with E-state index in [1.807, 2.05) is 0 Å². The lowest BCUT2D eigenvalue weighted by molar-refractivity contribution is 0.0205. The van der Waals surface area contributed by atoms with E-state index in [1.54, 1.807) is 0 Å². The molecule has 2 aliphatic rings. The second-order valence-corrected chi connectivity index (χ2v) is 6.58. The Balaban J connectivity index is 0.00000264. The van der Waals surface area contributed by atoms with Gasteiger partial charge in [0.1, 0.15) is 0 Å². The third-order valence-electron chi connectivity index (χ3n) is 4.63. The van der Waals surface area contributed by atoms with Crippen LogP contribution < -0.4 is 11.1 Å². The molecule has 3 N–H and O–H groups in total. The molecule has 5 nitrogen and oxygen atoms in total. The number of nitrogens with one attached hydrogen (secondary N) is 1. The van der Waals surface area contributed by atoms with E-state index in [0.717, 1.165) is 52.2 Å². The minimum absolute atomic E-state index is 0. The molecule has 6 heteroatoms. The summed E-state index contributed by atoms with van der Waals surface area (Å²) in [4.78, 5) is 4.42. The number of nitrogens with zero attached hydrogens (tertiary/aromatic N) is 1. The molecule has 0 bridgehead atoms. The highest BCUT2D eigenvalue weighted by atomic mass is 127. The van der Waals surface area contributed by atoms with Crippen LogP contribution in [-0.2, 0) is 9.47 Å². The second kappa shape index (κ2) is 13.2. The van der Waals surface area contributed by atoms with Gasteiger partial charge in [0.25, 0.3) is 0 Å². The van der Waals surface area contributed by atoms with Gasteiger partial charge < -0.3 is 20.5 Å². The van der Waals surface area contributed by atoms with Crippen molar-refractivity contribution in [2.75, 3.05) is 33.0 Å². The van der Waals surface area contributed by atoms with Gasteiger partial charge in [-0.25, -0.2) is 0 Å². The van der Waals surface area contributed by atoms with E-state index in [0.29, 0.717) is 17.9 Å². The zero-order valence-electron chi connectivity index (χ0n) is 14.3. The summed E-state index contributed by atoms with van der Waals surface area (Å²) in [5.41, 5.74) is 5.97. The summed E-state index contributed by atoms with van der Waals surface area (Å²) < 4.78 is 11.1. The summed E-state index contributed by atoms with van der Waals surface area (Å²) in [6, 6.07) is 0.524. The Kier molecular flexibility index (Phi) is 12.1. The summed E-state index contributed by atoms with van der Waals surface area (Å²) in [6.45, 7) is 4.17. The van der Waals surface area contributed by atoms with E-state index in [1.165, 1.54) is 38.5 Å². The lowest BCUT2D eigenvalue weighted by Gasteiger charge is -2.21. The van der Waals surface area contributed by atoms with Gasteiger partial charge in [-0.05, 0) is 38.0 Å². The molecular weight excluding hydrogens is 405 g/mol. The number of halogens is 1. The fraction of sp³-hybridized carbons (Fsp3) is 0.941. The Morgan fingerprint density at radius 2 is 1.78 bits per heavy atom. The van der Waals surface area contributed by atoms with E-state index >= 15 is 0 Å². The first-order valence-electron chi connectivity index (χ1n) is 9.06. The average molecular weight is 439 g/mol. The number of hydrogen-bond acceptors (Lipinski definition) is 3. The highest BCUT2D eigenvalue weighted by Crippen LogP contribution is 2.17. The van der Waals surface area contributed by atoms with Crippen molar-refractivity contribution in [3.63, 3.8) is 0 Å². The number of ether oxygens (including phenoxy) is 2. The number of hydrogen-bond donors (Lipinski definition) is 2. The Hall–Kier alpha value is -0.0800. The normalized spacial score (nSPS) is 21.5. The molecule has 0 aromatic rings. The monoisotopic (exact) mass is 439 g/mol. The Morgan fingerprint density at radius 3 is 2.48 bits per heavy atom. The summed E-state index contributed by atoms with van der Waals surface area (Å²) in [6.07, 6.45) is 11.0. The van der Waals surface area contributed by atoms with Crippen LogP contribution in [-0.4, -0.2) is 45.0 Å². The van der Waals surface area contributed by atoms with Gasteiger partial charge in [0.05, 0.1) is 0 Å². The molecule has 0 spiro atoms. The molecule has 0 atom stereocenters. The van der Waals surface area contributed by atoms with Crippen LogP contribution in [0.1, 0.15) is 57.8 Å². The SMILES string of the molecule is I.NC(=NCCCOCC1CCOCC1)NC1CCCCCC1. The Labute approximate surface area is 158 Å². The number of aliphatic imine (C=N–C) groups is 1. The van der Waals surface area contributed by atoms with Crippen LogP contribution in [0.4, 0.5) is 0 Å². The summed E-state index contributed by atoms with van der Waals surface area (Å²) in [5.74, 6) is 1.29. The van der Waals surface area contributed by atoms with Gasteiger partial charge in [0.15, 0.2) is 5.96 Å². The third kappa shape index (κ3) is 9.72. The van der Waals surface area contributed by atoms with E-state index in [2.05, 4.69) is 10.3 Å². The van der Waals surface area contributed by atoms with Crippen LogP contribution in [0.5, 0.6) is 0 Å². The van der Waals surface area contributed by atoms with E-state index in [4.69, 9.17) is 15.2 Å². The first-order valence-corrected chi connectivity index (χ1v) is 9.06.